The smallest absolute Gasteiger partial charge is 0.251 e. The van der Waals surface area contributed by atoms with Crippen molar-refractivity contribution in [3.8, 4) is 0 Å². The van der Waals surface area contributed by atoms with E-state index in [1.807, 2.05) is 30.3 Å². The lowest BCUT2D eigenvalue weighted by Crippen LogP contribution is -2.50. The number of nitrogens with zero attached hydrogens (tertiary/aromatic N) is 1. The summed E-state index contributed by atoms with van der Waals surface area (Å²) in [6.45, 7) is 2.24. The zero-order valence-corrected chi connectivity index (χ0v) is 11.8. The minimum Gasteiger partial charge on any atom is -0.314 e. The van der Waals surface area contributed by atoms with Gasteiger partial charge in [-0.05, 0) is 36.6 Å². The van der Waals surface area contributed by atoms with Crippen LogP contribution in [0.15, 0.2) is 48.5 Å². The summed E-state index contributed by atoms with van der Waals surface area (Å²) in [5.41, 5.74) is 7.50. The van der Waals surface area contributed by atoms with Crippen LogP contribution in [0.1, 0.15) is 18.1 Å². The summed E-state index contributed by atoms with van der Waals surface area (Å²) in [5, 5.41) is 0. The van der Waals surface area contributed by atoms with Crippen molar-refractivity contribution in [1.82, 2.24) is 0 Å². The maximum atomic E-state index is 13.4. The van der Waals surface area contributed by atoms with Crippen LogP contribution in [0.25, 0.3) is 0 Å². The predicted octanol–water partition coefficient (Wildman–Crippen LogP) is 2.59. The van der Waals surface area contributed by atoms with E-state index in [1.54, 1.807) is 17.9 Å². The number of fused-ring (bicyclic) bond motifs is 1. The van der Waals surface area contributed by atoms with E-state index in [0.717, 1.165) is 17.5 Å². The quantitative estimate of drug-likeness (QED) is 0.921. The van der Waals surface area contributed by atoms with Gasteiger partial charge in [0, 0.05) is 12.2 Å². The van der Waals surface area contributed by atoms with Gasteiger partial charge in [-0.25, -0.2) is 4.39 Å². The molecule has 1 unspecified atom stereocenters. The first kappa shape index (κ1) is 13.8. The molecule has 108 valence electrons. The predicted molar refractivity (Wildman–Crippen MR) is 80.4 cm³/mol. The third-order valence-corrected chi connectivity index (χ3v) is 4.01. The first-order valence-corrected chi connectivity index (χ1v) is 6.95. The molecule has 1 aliphatic rings. The molecule has 0 saturated carbocycles. The highest BCUT2D eigenvalue weighted by Gasteiger charge is 2.37. The molecule has 0 fully saturated rings. The molecule has 0 aliphatic carbocycles. The second kappa shape index (κ2) is 4.97. The normalized spacial score (nSPS) is 16.4. The molecule has 1 aliphatic heterocycles. The minimum atomic E-state index is -1.13. The van der Waals surface area contributed by atoms with Crippen LogP contribution in [0.2, 0.25) is 0 Å². The van der Waals surface area contributed by atoms with Gasteiger partial charge in [0.15, 0.2) is 0 Å². The van der Waals surface area contributed by atoms with Crippen molar-refractivity contribution >= 4 is 11.6 Å². The Balaban J connectivity index is 1.96. The maximum Gasteiger partial charge on any atom is 0.251 e. The molecule has 0 aromatic heterocycles. The van der Waals surface area contributed by atoms with Crippen LogP contribution in [0.3, 0.4) is 0 Å². The second-order valence-electron chi connectivity index (χ2n) is 5.55. The van der Waals surface area contributed by atoms with Gasteiger partial charge in [-0.1, -0.05) is 36.4 Å². The summed E-state index contributed by atoms with van der Waals surface area (Å²) in [6.07, 6.45) is 0.728. The van der Waals surface area contributed by atoms with Crippen molar-refractivity contribution in [2.45, 2.75) is 18.9 Å². The lowest BCUT2D eigenvalue weighted by Gasteiger charge is -2.30. The van der Waals surface area contributed by atoms with Gasteiger partial charge in [0.1, 0.15) is 11.4 Å². The Labute approximate surface area is 123 Å². The van der Waals surface area contributed by atoms with Gasteiger partial charge >= 0.3 is 0 Å². The molecule has 0 saturated heterocycles. The molecule has 1 atom stereocenters. The van der Waals surface area contributed by atoms with Crippen LogP contribution in [0.4, 0.5) is 10.1 Å². The number of halogens is 1. The van der Waals surface area contributed by atoms with Crippen LogP contribution in [0.5, 0.6) is 0 Å². The van der Waals surface area contributed by atoms with E-state index in [0.29, 0.717) is 12.2 Å². The number of hydrogen-bond donors (Lipinski definition) is 1. The van der Waals surface area contributed by atoms with E-state index >= 15 is 0 Å². The van der Waals surface area contributed by atoms with Gasteiger partial charge in [-0.15, -0.1) is 0 Å². The van der Waals surface area contributed by atoms with Crippen molar-refractivity contribution in [3.05, 3.63) is 65.5 Å². The highest BCUT2D eigenvalue weighted by molar-refractivity contribution is 6.01. The summed E-state index contributed by atoms with van der Waals surface area (Å²) < 4.78 is 13.4. The average Bonchev–Trinajstić information content (AvgIpc) is 2.90. The molecule has 0 radical (unpaired) electrons. The molecular formula is C17H17FN2O. The van der Waals surface area contributed by atoms with Gasteiger partial charge in [0.05, 0.1) is 0 Å². The lowest BCUT2D eigenvalue weighted by atomic mass is 9.91. The average molecular weight is 284 g/mol. The van der Waals surface area contributed by atoms with E-state index in [1.165, 1.54) is 12.1 Å². The number of benzene rings is 2. The van der Waals surface area contributed by atoms with Crippen molar-refractivity contribution < 1.29 is 9.18 Å². The molecule has 2 aromatic rings. The fourth-order valence-corrected chi connectivity index (χ4v) is 2.75. The van der Waals surface area contributed by atoms with Gasteiger partial charge in [-0.3, -0.25) is 4.79 Å². The van der Waals surface area contributed by atoms with E-state index in [-0.39, 0.29) is 11.7 Å². The zero-order chi connectivity index (χ0) is 15.0. The Morgan fingerprint density at radius 1 is 1.24 bits per heavy atom. The Kier molecular flexibility index (Phi) is 3.26. The van der Waals surface area contributed by atoms with E-state index < -0.39 is 5.54 Å². The second-order valence-corrected chi connectivity index (χ2v) is 5.55. The minimum absolute atomic E-state index is 0.210. The van der Waals surface area contributed by atoms with E-state index in [9.17, 15) is 9.18 Å². The van der Waals surface area contributed by atoms with Crippen molar-refractivity contribution in [2.24, 2.45) is 5.73 Å². The molecule has 1 amide bonds. The first-order chi connectivity index (χ1) is 10.00. The largest absolute Gasteiger partial charge is 0.314 e. The van der Waals surface area contributed by atoms with Crippen LogP contribution in [-0.4, -0.2) is 12.5 Å². The van der Waals surface area contributed by atoms with Crippen LogP contribution in [-0.2, 0) is 16.8 Å². The van der Waals surface area contributed by atoms with E-state index in [4.69, 9.17) is 5.73 Å². The molecule has 21 heavy (non-hydrogen) atoms. The zero-order valence-electron chi connectivity index (χ0n) is 11.8. The third kappa shape index (κ3) is 2.32. The number of anilines is 1. The first-order valence-electron chi connectivity index (χ1n) is 6.95. The highest BCUT2D eigenvalue weighted by Crippen LogP contribution is 2.32. The lowest BCUT2D eigenvalue weighted by molar-refractivity contribution is -0.123. The summed E-state index contributed by atoms with van der Waals surface area (Å²) in [5.74, 6) is -0.551. The fraction of sp³-hybridized carbons (Fsp3) is 0.235. The summed E-state index contributed by atoms with van der Waals surface area (Å²) in [4.78, 5) is 14.4. The number of hydrogen-bond acceptors (Lipinski definition) is 2. The molecule has 0 bridgehead atoms. The molecular weight excluding hydrogens is 267 g/mol. The standard InChI is InChI=1S/C17H17FN2O/c1-17(19,13-5-3-2-4-6-13)16(21)20-10-9-12-7-8-14(18)11-15(12)20/h2-8,11H,9-10,19H2,1H3. The Morgan fingerprint density at radius 3 is 2.67 bits per heavy atom. The third-order valence-electron chi connectivity index (χ3n) is 4.01. The molecule has 2 N–H and O–H groups in total. The Bertz CT molecular complexity index is 682. The van der Waals surface area contributed by atoms with Gasteiger partial charge in [0.25, 0.3) is 5.91 Å². The van der Waals surface area contributed by atoms with Crippen molar-refractivity contribution in [2.75, 3.05) is 11.4 Å². The van der Waals surface area contributed by atoms with Crippen LogP contribution >= 0.6 is 0 Å². The van der Waals surface area contributed by atoms with Crippen molar-refractivity contribution in [3.63, 3.8) is 0 Å². The number of rotatable bonds is 2. The molecule has 3 nitrogen and oxygen atoms in total. The van der Waals surface area contributed by atoms with Gasteiger partial charge in [-0.2, -0.15) is 0 Å². The van der Waals surface area contributed by atoms with E-state index in [2.05, 4.69) is 0 Å². The molecule has 1 heterocycles. The van der Waals surface area contributed by atoms with Gasteiger partial charge < -0.3 is 10.6 Å². The van der Waals surface area contributed by atoms with Crippen LogP contribution in [0, 0.1) is 5.82 Å². The SMILES string of the molecule is CC(N)(C(=O)N1CCc2ccc(F)cc21)c1ccccc1. The Morgan fingerprint density at radius 2 is 1.95 bits per heavy atom. The topological polar surface area (TPSA) is 46.3 Å². The van der Waals surface area contributed by atoms with Gasteiger partial charge in [0.2, 0.25) is 0 Å². The highest BCUT2D eigenvalue weighted by atomic mass is 19.1. The number of carbonyl (C=O) groups excluding carboxylic acids is 1. The molecule has 4 heteroatoms. The number of amides is 1. The van der Waals surface area contributed by atoms with Crippen molar-refractivity contribution in [1.29, 1.82) is 0 Å². The fourth-order valence-electron chi connectivity index (χ4n) is 2.75. The molecule has 0 spiro atoms. The monoisotopic (exact) mass is 284 g/mol. The number of nitrogens with two attached hydrogens (primary N) is 1. The maximum absolute atomic E-state index is 13.4. The Hall–Kier alpha value is -2.20. The van der Waals surface area contributed by atoms with Crippen LogP contribution < -0.4 is 10.6 Å². The summed E-state index contributed by atoms with van der Waals surface area (Å²) >= 11 is 0. The molecule has 2 aromatic carbocycles. The number of carbonyl (C=O) groups is 1. The summed E-state index contributed by atoms with van der Waals surface area (Å²) in [6, 6.07) is 13.8. The molecule has 3 rings (SSSR count). The summed E-state index contributed by atoms with van der Waals surface area (Å²) in [7, 11) is 0.